The van der Waals surface area contributed by atoms with E-state index in [0.717, 1.165) is 35.2 Å². The Balaban J connectivity index is 1.43. The van der Waals surface area contributed by atoms with Gasteiger partial charge in [-0.15, -0.1) is 0 Å². The summed E-state index contributed by atoms with van der Waals surface area (Å²) in [5.74, 6) is -0.113. The molecule has 7 heteroatoms. The van der Waals surface area contributed by atoms with Crippen LogP contribution >= 0.6 is 0 Å². The van der Waals surface area contributed by atoms with E-state index in [9.17, 15) is 13.2 Å². The van der Waals surface area contributed by atoms with Crippen LogP contribution in [0.15, 0.2) is 65.6 Å². The Labute approximate surface area is 186 Å². The molecular weight excluding hydrogens is 426 g/mol. The van der Waals surface area contributed by atoms with Crippen molar-refractivity contribution in [3.63, 3.8) is 0 Å². The first-order valence-corrected chi connectivity index (χ1v) is 12.3. The van der Waals surface area contributed by atoms with Crippen molar-refractivity contribution in [2.24, 2.45) is 0 Å². The summed E-state index contributed by atoms with van der Waals surface area (Å²) in [5, 5.41) is 2.83. The van der Waals surface area contributed by atoms with Gasteiger partial charge in [0, 0.05) is 18.7 Å². The van der Waals surface area contributed by atoms with Crippen LogP contribution in [-0.4, -0.2) is 48.4 Å². The third-order valence-electron chi connectivity index (χ3n) is 5.59. The van der Waals surface area contributed by atoms with Crippen LogP contribution in [0, 0.1) is 0 Å². The van der Waals surface area contributed by atoms with Gasteiger partial charge in [-0.1, -0.05) is 54.1 Å². The molecule has 3 aromatic carbocycles. The van der Waals surface area contributed by atoms with Crippen molar-refractivity contribution in [2.45, 2.75) is 30.8 Å². The summed E-state index contributed by atoms with van der Waals surface area (Å²) in [5.41, 5.74) is 1.29. The third-order valence-corrected chi connectivity index (χ3v) is 7.97. The molecule has 0 unspecified atom stereocenters. The number of hydrogen-bond donors (Lipinski definition) is 0. The maximum absolute atomic E-state index is 12.9. The number of Topliss-reactive ketones (excluding diaryl/α,β-unsaturated/α-hetero) is 1. The number of nitrogens with zero attached hydrogens (tertiary/aromatic N) is 1. The molecule has 0 N–H and O–H groups in total. The normalized spacial score (nSPS) is 15.3. The van der Waals surface area contributed by atoms with Gasteiger partial charge in [0.1, 0.15) is 6.61 Å². The monoisotopic (exact) mass is 450 g/mol. The maximum atomic E-state index is 12.9. The van der Waals surface area contributed by atoms with Crippen LogP contribution in [0.4, 0.5) is 0 Å². The highest BCUT2D eigenvalue weighted by Crippen LogP contribution is 2.21. The van der Waals surface area contributed by atoms with Gasteiger partial charge in [-0.25, -0.2) is 8.42 Å². The Bertz CT molecular complexity index is 1200. The van der Waals surface area contributed by atoms with Crippen LogP contribution in [0.2, 0.25) is 0 Å². The van der Waals surface area contributed by atoms with E-state index in [4.69, 9.17) is 4.74 Å². The van der Waals surface area contributed by atoms with Gasteiger partial charge in [0.15, 0.2) is 5.78 Å². The molecule has 0 aliphatic carbocycles. The third kappa shape index (κ3) is 4.96. The number of carbonyl (C=O) groups excluding carboxylic acids is 1. The molecule has 5 nitrogen and oxygen atoms in total. The minimum Gasteiger partial charge on any atom is -0.369 e. The van der Waals surface area contributed by atoms with E-state index in [0.29, 0.717) is 24.2 Å². The number of ether oxygens (including phenoxy) is 1. The zero-order chi connectivity index (χ0) is 21.8. The van der Waals surface area contributed by atoms with Crippen LogP contribution in [-0.2, 0) is 21.4 Å². The molecule has 3 aromatic rings. The second-order valence-corrected chi connectivity index (χ2v) is 10.2. The van der Waals surface area contributed by atoms with Crippen LogP contribution in [0.25, 0.3) is 10.8 Å². The SMILES string of the molecule is O=C(COCc1cc(S(=O)(=O)N2CCCCC2)ccc1[Si])c1ccc2ccccc2c1. The number of benzene rings is 3. The van der Waals surface area contributed by atoms with Crippen molar-refractivity contribution < 1.29 is 17.9 Å². The van der Waals surface area contributed by atoms with Crippen molar-refractivity contribution in [2.75, 3.05) is 19.7 Å². The van der Waals surface area contributed by atoms with Crippen molar-refractivity contribution >= 4 is 42.0 Å². The zero-order valence-electron chi connectivity index (χ0n) is 17.2. The average Bonchev–Trinajstić information content (AvgIpc) is 2.80. The molecule has 0 saturated carbocycles. The minimum atomic E-state index is -3.52. The summed E-state index contributed by atoms with van der Waals surface area (Å²) >= 11 is 0. The summed E-state index contributed by atoms with van der Waals surface area (Å²) < 4.78 is 33.1. The Morgan fingerprint density at radius 2 is 1.68 bits per heavy atom. The van der Waals surface area contributed by atoms with E-state index in [2.05, 4.69) is 10.2 Å². The number of ketones is 1. The van der Waals surface area contributed by atoms with Gasteiger partial charge in [-0.05, 0) is 47.4 Å². The first-order chi connectivity index (χ1) is 14.9. The molecule has 1 saturated heterocycles. The van der Waals surface area contributed by atoms with Crippen molar-refractivity contribution in [1.29, 1.82) is 0 Å². The lowest BCUT2D eigenvalue weighted by atomic mass is 10.0. The van der Waals surface area contributed by atoms with Gasteiger partial charge in [0.05, 0.1) is 21.7 Å². The topological polar surface area (TPSA) is 63.7 Å². The highest BCUT2D eigenvalue weighted by molar-refractivity contribution is 7.89. The number of carbonyl (C=O) groups is 1. The first-order valence-electron chi connectivity index (χ1n) is 10.4. The number of piperidine rings is 1. The molecule has 4 rings (SSSR count). The average molecular weight is 451 g/mol. The lowest BCUT2D eigenvalue weighted by molar-refractivity contribution is 0.0727. The Morgan fingerprint density at radius 1 is 0.935 bits per heavy atom. The Kier molecular flexibility index (Phi) is 6.67. The van der Waals surface area contributed by atoms with Gasteiger partial charge in [-0.3, -0.25) is 4.79 Å². The van der Waals surface area contributed by atoms with E-state index >= 15 is 0 Å². The minimum absolute atomic E-state index is 0.0763. The van der Waals surface area contributed by atoms with Gasteiger partial charge in [0.2, 0.25) is 10.0 Å². The number of fused-ring (bicyclic) bond motifs is 1. The standard InChI is InChI=1S/C24H24NO4SSi/c26-23(20-9-8-18-6-2-3-7-19(18)14-20)17-29-16-21-15-22(10-11-24(21)31)30(27,28)25-12-4-1-5-13-25/h2-3,6-11,14-15H,1,4-5,12-13,16-17H2. The van der Waals surface area contributed by atoms with Gasteiger partial charge in [-0.2, -0.15) is 4.31 Å². The molecule has 0 spiro atoms. The molecule has 1 fully saturated rings. The van der Waals surface area contributed by atoms with Crippen LogP contribution in [0.5, 0.6) is 0 Å². The number of rotatable bonds is 7. The first kappa shape index (κ1) is 21.9. The molecular formula is C24H24NO4SSi. The predicted molar refractivity (Wildman–Crippen MR) is 122 cm³/mol. The lowest BCUT2D eigenvalue weighted by Gasteiger charge is -2.26. The molecule has 1 aliphatic heterocycles. The fourth-order valence-electron chi connectivity index (χ4n) is 3.80. The molecule has 1 aliphatic rings. The molecule has 3 radical (unpaired) electrons. The fourth-order valence-corrected chi connectivity index (χ4v) is 5.60. The van der Waals surface area contributed by atoms with Crippen molar-refractivity contribution in [1.82, 2.24) is 4.31 Å². The number of sulfonamides is 1. The molecule has 0 amide bonds. The van der Waals surface area contributed by atoms with Crippen LogP contribution in [0.3, 0.4) is 0 Å². The summed E-state index contributed by atoms with van der Waals surface area (Å²) in [7, 11) is -0.000979. The Hall–Kier alpha value is -2.32. The molecule has 0 atom stereocenters. The van der Waals surface area contributed by atoms with Crippen molar-refractivity contribution in [3.8, 4) is 0 Å². The van der Waals surface area contributed by atoms with E-state index in [-0.39, 0.29) is 23.9 Å². The molecule has 0 bridgehead atoms. The van der Waals surface area contributed by atoms with E-state index in [1.165, 1.54) is 0 Å². The molecule has 31 heavy (non-hydrogen) atoms. The van der Waals surface area contributed by atoms with E-state index in [1.54, 1.807) is 28.6 Å². The molecule has 159 valence electrons. The van der Waals surface area contributed by atoms with Gasteiger partial charge >= 0.3 is 0 Å². The lowest BCUT2D eigenvalue weighted by Crippen LogP contribution is -2.35. The highest BCUT2D eigenvalue weighted by atomic mass is 32.2. The van der Waals surface area contributed by atoms with Crippen LogP contribution < -0.4 is 5.19 Å². The zero-order valence-corrected chi connectivity index (χ0v) is 19.0. The summed E-state index contributed by atoms with van der Waals surface area (Å²) in [4.78, 5) is 12.8. The van der Waals surface area contributed by atoms with Crippen LogP contribution in [0.1, 0.15) is 35.2 Å². The second kappa shape index (κ2) is 9.44. The predicted octanol–water partition coefficient (Wildman–Crippen LogP) is 3.21. The fraction of sp³-hybridized carbons (Fsp3) is 0.292. The van der Waals surface area contributed by atoms with E-state index in [1.807, 2.05) is 36.4 Å². The second-order valence-electron chi connectivity index (χ2n) is 7.76. The quantitative estimate of drug-likeness (QED) is 0.410. The maximum Gasteiger partial charge on any atom is 0.243 e. The van der Waals surface area contributed by atoms with Gasteiger partial charge < -0.3 is 4.74 Å². The summed E-state index contributed by atoms with van der Waals surface area (Å²) in [6, 6.07) is 18.4. The molecule has 1 heterocycles. The summed E-state index contributed by atoms with van der Waals surface area (Å²) in [6.07, 6.45) is 2.85. The van der Waals surface area contributed by atoms with Crippen molar-refractivity contribution in [3.05, 3.63) is 71.8 Å². The number of hydrogen-bond acceptors (Lipinski definition) is 4. The smallest absolute Gasteiger partial charge is 0.243 e. The Morgan fingerprint density at radius 3 is 2.45 bits per heavy atom. The van der Waals surface area contributed by atoms with Gasteiger partial charge in [0.25, 0.3) is 0 Å². The largest absolute Gasteiger partial charge is 0.369 e. The molecule has 0 aromatic heterocycles. The highest BCUT2D eigenvalue weighted by Gasteiger charge is 2.26. The summed E-state index contributed by atoms with van der Waals surface area (Å²) in [6.45, 7) is 1.18. The van der Waals surface area contributed by atoms with E-state index < -0.39 is 10.0 Å².